The molecule has 1 N–H and O–H groups in total. The predicted molar refractivity (Wildman–Crippen MR) is 65.6 cm³/mol. The number of hydrogen-bond acceptors (Lipinski definition) is 3. The smallest absolute Gasteiger partial charge is 0.120 e. The van der Waals surface area contributed by atoms with Crippen molar-refractivity contribution in [2.45, 2.75) is 31.8 Å². The van der Waals surface area contributed by atoms with Gasteiger partial charge in [0.2, 0.25) is 0 Å². The summed E-state index contributed by atoms with van der Waals surface area (Å²) in [5.74, 6) is 0.981. The Hall–Kier alpha value is -1.61. The van der Waals surface area contributed by atoms with Gasteiger partial charge in [-0.25, -0.2) is 0 Å². The highest BCUT2D eigenvalue weighted by molar-refractivity contribution is 5.28. The molecule has 3 nitrogen and oxygen atoms in total. The lowest BCUT2D eigenvalue weighted by molar-refractivity contribution is 0.388. The van der Waals surface area contributed by atoms with Gasteiger partial charge in [0.15, 0.2) is 0 Å². The number of fused-ring (bicyclic) bond motifs is 1. The molecule has 0 aromatic carbocycles. The van der Waals surface area contributed by atoms with E-state index in [1.807, 2.05) is 24.4 Å². The summed E-state index contributed by atoms with van der Waals surface area (Å²) in [6.45, 7) is 2.12. The highest BCUT2D eigenvalue weighted by Gasteiger charge is 2.25. The first-order valence-electron chi connectivity index (χ1n) is 6.08. The van der Waals surface area contributed by atoms with Crippen molar-refractivity contribution >= 4 is 0 Å². The predicted octanol–water partition coefficient (Wildman–Crippen LogP) is 3.01. The maximum atomic E-state index is 5.41. The van der Waals surface area contributed by atoms with Gasteiger partial charge in [0.25, 0.3) is 0 Å². The molecule has 2 unspecified atom stereocenters. The fourth-order valence-electron chi connectivity index (χ4n) is 2.50. The average molecular weight is 228 g/mol. The maximum absolute atomic E-state index is 5.41. The van der Waals surface area contributed by atoms with Crippen molar-refractivity contribution in [3.05, 3.63) is 53.7 Å². The van der Waals surface area contributed by atoms with Gasteiger partial charge in [0.05, 0.1) is 24.0 Å². The van der Waals surface area contributed by atoms with E-state index in [1.165, 1.54) is 11.3 Å². The molecule has 2 aromatic heterocycles. The molecule has 2 atom stereocenters. The second-order valence-electron chi connectivity index (χ2n) is 4.54. The van der Waals surface area contributed by atoms with Gasteiger partial charge in [0, 0.05) is 6.20 Å². The van der Waals surface area contributed by atoms with Crippen LogP contribution in [0.3, 0.4) is 0 Å². The van der Waals surface area contributed by atoms with Gasteiger partial charge in [-0.05, 0) is 43.5 Å². The molecule has 0 spiro atoms. The zero-order valence-electron chi connectivity index (χ0n) is 9.89. The maximum Gasteiger partial charge on any atom is 0.120 e. The highest BCUT2D eigenvalue weighted by atomic mass is 16.3. The summed E-state index contributed by atoms with van der Waals surface area (Å²) < 4.78 is 5.41. The van der Waals surface area contributed by atoms with Crippen molar-refractivity contribution in [2.75, 3.05) is 0 Å². The normalized spacial score (nSPS) is 20.2. The van der Waals surface area contributed by atoms with E-state index in [4.69, 9.17) is 4.42 Å². The number of nitrogens with one attached hydrogen (secondary N) is 1. The number of furan rings is 1. The van der Waals surface area contributed by atoms with Gasteiger partial charge in [-0.15, -0.1) is 0 Å². The fraction of sp³-hybridized carbons (Fsp3) is 0.357. The van der Waals surface area contributed by atoms with E-state index in [-0.39, 0.29) is 6.04 Å². The minimum absolute atomic E-state index is 0.225. The Labute approximate surface area is 101 Å². The molecule has 1 aliphatic rings. The van der Waals surface area contributed by atoms with Crippen molar-refractivity contribution in [2.24, 2.45) is 0 Å². The molecule has 88 valence electrons. The molecule has 0 amide bonds. The number of aromatic nitrogens is 1. The van der Waals surface area contributed by atoms with Crippen LogP contribution >= 0.6 is 0 Å². The molecular formula is C14H16N2O. The number of pyridine rings is 1. The van der Waals surface area contributed by atoms with Crippen LogP contribution in [0.15, 0.2) is 41.1 Å². The summed E-state index contributed by atoms with van der Waals surface area (Å²) in [6.07, 6.45) is 5.83. The molecule has 3 heteroatoms. The van der Waals surface area contributed by atoms with Crippen molar-refractivity contribution in [3.8, 4) is 0 Å². The summed E-state index contributed by atoms with van der Waals surface area (Å²) in [5, 5.41) is 3.58. The first-order valence-corrected chi connectivity index (χ1v) is 6.08. The van der Waals surface area contributed by atoms with Crippen molar-refractivity contribution in [3.63, 3.8) is 0 Å². The van der Waals surface area contributed by atoms with Crippen LogP contribution in [0.5, 0.6) is 0 Å². The molecule has 2 heterocycles. The van der Waals surface area contributed by atoms with Gasteiger partial charge < -0.3 is 4.42 Å². The van der Waals surface area contributed by atoms with Crippen LogP contribution in [-0.4, -0.2) is 4.98 Å². The Bertz CT molecular complexity index is 493. The van der Waals surface area contributed by atoms with E-state index in [9.17, 15) is 0 Å². The van der Waals surface area contributed by atoms with Crippen LogP contribution in [0.2, 0.25) is 0 Å². The Morgan fingerprint density at radius 1 is 1.41 bits per heavy atom. The van der Waals surface area contributed by atoms with Crippen LogP contribution in [-0.2, 0) is 6.42 Å². The minimum atomic E-state index is 0.225. The first kappa shape index (κ1) is 10.5. The van der Waals surface area contributed by atoms with Crippen molar-refractivity contribution < 1.29 is 4.42 Å². The van der Waals surface area contributed by atoms with E-state index in [2.05, 4.69) is 23.3 Å². The summed E-state index contributed by atoms with van der Waals surface area (Å²) in [5.41, 5.74) is 2.57. The lowest BCUT2D eigenvalue weighted by Gasteiger charge is -2.17. The summed E-state index contributed by atoms with van der Waals surface area (Å²) >= 11 is 0. The number of aryl methyl sites for hydroxylation is 1. The molecule has 2 aromatic rings. The Morgan fingerprint density at radius 3 is 3.18 bits per heavy atom. The molecule has 0 fully saturated rings. The SMILES string of the molecule is CC(NC1CCc2cccnc21)c1ccco1. The molecule has 1 aliphatic carbocycles. The standard InChI is InChI=1S/C14H16N2O/c1-10(13-5-3-9-17-13)16-12-7-6-11-4-2-8-15-14(11)12/h2-5,8-10,12,16H,6-7H2,1H3. The zero-order valence-corrected chi connectivity index (χ0v) is 9.89. The zero-order chi connectivity index (χ0) is 11.7. The summed E-state index contributed by atoms with van der Waals surface area (Å²) in [4.78, 5) is 4.48. The number of nitrogens with zero attached hydrogens (tertiary/aromatic N) is 1. The molecule has 17 heavy (non-hydrogen) atoms. The fourth-order valence-corrected chi connectivity index (χ4v) is 2.50. The molecule has 3 rings (SSSR count). The summed E-state index contributed by atoms with van der Waals surface area (Å²) in [7, 11) is 0. The highest BCUT2D eigenvalue weighted by Crippen LogP contribution is 2.31. The lowest BCUT2D eigenvalue weighted by Crippen LogP contribution is -2.23. The molecule has 0 radical (unpaired) electrons. The van der Waals surface area contributed by atoms with Crippen LogP contribution in [0, 0.1) is 0 Å². The largest absolute Gasteiger partial charge is 0.468 e. The van der Waals surface area contributed by atoms with Gasteiger partial charge >= 0.3 is 0 Å². The number of hydrogen-bond donors (Lipinski definition) is 1. The average Bonchev–Trinajstić information content (AvgIpc) is 2.98. The Balaban J connectivity index is 1.75. The van der Waals surface area contributed by atoms with Crippen molar-refractivity contribution in [1.82, 2.24) is 10.3 Å². The molecular weight excluding hydrogens is 212 g/mol. The Morgan fingerprint density at radius 2 is 2.35 bits per heavy atom. The number of rotatable bonds is 3. The van der Waals surface area contributed by atoms with Crippen LogP contribution in [0.4, 0.5) is 0 Å². The Kier molecular flexibility index (Phi) is 2.69. The molecule has 0 aliphatic heterocycles. The second-order valence-corrected chi connectivity index (χ2v) is 4.54. The van der Waals surface area contributed by atoms with E-state index in [0.717, 1.165) is 18.6 Å². The molecule has 0 saturated heterocycles. The van der Waals surface area contributed by atoms with Crippen molar-refractivity contribution in [1.29, 1.82) is 0 Å². The van der Waals surface area contributed by atoms with Crippen LogP contribution in [0.1, 0.15) is 42.4 Å². The van der Waals surface area contributed by atoms with E-state index in [1.54, 1.807) is 6.26 Å². The monoisotopic (exact) mass is 228 g/mol. The molecule has 0 saturated carbocycles. The first-order chi connectivity index (χ1) is 8.34. The summed E-state index contributed by atoms with van der Waals surface area (Å²) in [6, 6.07) is 8.69. The lowest BCUT2D eigenvalue weighted by atomic mass is 10.1. The quantitative estimate of drug-likeness (QED) is 0.877. The topological polar surface area (TPSA) is 38.1 Å². The minimum Gasteiger partial charge on any atom is -0.468 e. The van der Waals surface area contributed by atoms with E-state index >= 15 is 0 Å². The van der Waals surface area contributed by atoms with Crippen LogP contribution < -0.4 is 5.32 Å². The third-order valence-corrected chi connectivity index (χ3v) is 3.38. The van der Waals surface area contributed by atoms with Crippen LogP contribution in [0.25, 0.3) is 0 Å². The van der Waals surface area contributed by atoms with Gasteiger partial charge in [-0.3, -0.25) is 10.3 Å². The van der Waals surface area contributed by atoms with E-state index < -0.39 is 0 Å². The van der Waals surface area contributed by atoms with Gasteiger partial charge in [-0.2, -0.15) is 0 Å². The third-order valence-electron chi connectivity index (χ3n) is 3.38. The van der Waals surface area contributed by atoms with Gasteiger partial charge in [0.1, 0.15) is 5.76 Å². The molecule has 0 bridgehead atoms. The third kappa shape index (κ3) is 1.98. The van der Waals surface area contributed by atoms with E-state index in [0.29, 0.717) is 6.04 Å². The van der Waals surface area contributed by atoms with Gasteiger partial charge in [-0.1, -0.05) is 6.07 Å². The second kappa shape index (κ2) is 4.34.